The number of esters is 1. The second kappa shape index (κ2) is 8.18. The standard InChI is InChI=1S/C18H19N3O4S/c1-25-17(24)12-4-2-11(3-5-12)10-26-18-20-14(9-16(23)21-18)8-15(22)19-13-6-7-13/h2-5,9,13H,6-8,10H2,1H3,(H,19,22)(H,20,21,23). The zero-order valence-electron chi connectivity index (χ0n) is 14.3. The van der Waals surface area contributed by atoms with Gasteiger partial charge in [-0.15, -0.1) is 0 Å². The predicted molar refractivity (Wildman–Crippen MR) is 97.1 cm³/mol. The van der Waals surface area contributed by atoms with Gasteiger partial charge in [-0.2, -0.15) is 0 Å². The van der Waals surface area contributed by atoms with E-state index in [1.54, 1.807) is 12.1 Å². The van der Waals surface area contributed by atoms with Crippen LogP contribution in [-0.4, -0.2) is 35.0 Å². The molecule has 0 unspecified atom stereocenters. The molecule has 1 aliphatic rings. The van der Waals surface area contributed by atoms with E-state index in [4.69, 9.17) is 0 Å². The minimum atomic E-state index is -0.382. The molecule has 1 amide bonds. The number of rotatable bonds is 7. The fourth-order valence-electron chi connectivity index (χ4n) is 2.32. The van der Waals surface area contributed by atoms with Crippen LogP contribution in [0.2, 0.25) is 0 Å². The minimum absolute atomic E-state index is 0.0990. The number of amides is 1. The Morgan fingerprint density at radius 3 is 2.69 bits per heavy atom. The van der Waals surface area contributed by atoms with Gasteiger partial charge in [0.25, 0.3) is 5.56 Å². The second-order valence-corrected chi connectivity index (χ2v) is 7.00. The van der Waals surface area contributed by atoms with E-state index in [1.807, 2.05) is 12.1 Å². The van der Waals surface area contributed by atoms with Crippen LogP contribution < -0.4 is 10.9 Å². The molecule has 26 heavy (non-hydrogen) atoms. The molecule has 0 bridgehead atoms. The summed E-state index contributed by atoms with van der Waals surface area (Å²) < 4.78 is 4.66. The highest BCUT2D eigenvalue weighted by atomic mass is 32.2. The molecule has 1 aliphatic carbocycles. The van der Waals surface area contributed by atoms with Crippen LogP contribution in [0.4, 0.5) is 0 Å². The first-order valence-corrected chi connectivity index (χ1v) is 9.21. The Bertz CT molecular complexity index is 859. The van der Waals surface area contributed by atoms with Crippen LogP contribution in [0.25, 0.3) is 0 Å². The van der Waals surface area contributed by atoms with Crippen LogP contribution in [0.5, 0.6) is 0 Å². The highest BCUT2D eigenvalue weighted by Crippen LogP contribution is 2.20. The number of nitrogens with zero attached hydrogens (tertiary/aromatic N) is 1. The number of aromatic amines is 1. The molecule has 1 fully saturated rings. The van der Waals surface area contributed by atoms with Crippen molar-refractivity contribution in [3.63, 3.8) is 0 Å². The number of aromatic nitrogens is 2. The van der Waals surface area contributed by atoms with E-state index in [2.05, 4.69) is 20.0 Å². The third kappa shape index (κ3) is 5.19. The lowest BCUT2D eigenvalue weighted by atomic mass is 10.1. The summed E-state index contributed by atoms with van der Waals surface area (Å²) in [4.78, 5) is 42.1. The molecule has 2 aromatic rings. The summed E-state index contributed by atoms with van der Waals surface area (Å²) in [5, 5.41) is 3.34. The molecule has 7 nitrogen and oxygen atoms in total. The molecule has 0 radical (unpaired) electrons. The van der Waals surface area contributed by atoms with Crippen LogP contribution in [0.1, 0.15) is 34.5 Å². The monoisotopic (exact) mass is 373 g/mol. The SMILES string of the molecule is COC(=O)c1ccc(CSc2nc(CC(=O)NC3CC3)cc(=O)[nH]2)cc1. The number of thioether (sulfide) groups is 1. The number of carbonyl (C=O) groups excluding carboxylic acids is 2. The van der Waals surface area contributed by atoms with Gasteiger partial charge in [0.1, 0.15) is 0 Å². The maximum absolute atomic E-state index is 11.9. The lowest BCUT2D eigenvalue weighted by Gasteiger charge is -2.06. The molecule has 1 aromatic carbocycles. The van der Waals surface area contributed by atoms with E-state index < -0.39 is 0 Å². The van der Waals surface area contributed by atoms with Gasteiger partial charge >= 0.3 is 5.97 Å². The highest BCUT2D eigenvalue weighted by molar-refractivity contribution is 7.98. The number of hydrogen-bond acceptors (Lipinski definition) is 6. The maximum Gasteiger partial charge on any atom is 0.337 e. The lowest BCUT2D eigenvalue weighted by molar-refractivity contribution is -0.120. The van der Waals surface area contributed by atoms with E-state index in [1.165, 1.54) is 24.9 Å². The highest BCUT2D eigenvalue weighted by Gasteiger charge is 2.23. The van der Waals surface area contributed by atoms with E-state index in [0.717, 1.165) is 18.4 Å². The average Bonchev–Trinajstić information content (AvgIpc) is 3.43. The molecule has 0 saturated heterocycles. The molecule has 0 spiro atoms. The molecule has 2 N–H and O–H groups in total. The Morgan fingerprint density at radius 2 is 2.04 bits per heavy atom. The topological polar surface area (TPSA) is 101 Å². The molecule has 0 aliphatic heterocycles. The Labute approximate surface area is 154 Å². The van der Waals surface area contributed by atoms with Crippen molar-refractivity contribution in [1.82, 2.24) is 15.3 Å². The van der Waals surface area contributed by atoms with Gasteiger partial charge in [0, 0.05) is 17.9 Å². The number of methoxy groups -OCH3 is 1. The van der Waals surface area contributed by atoms with Crippen LogP contribution in [-0.2, 0) is 21.7 Å². The van der Waals surface area contributed by atoms with Gasteiger partial charge in [-0.3, -0.25) is 9.59 Å². The quantitative estimate of drug-likeness (QED) is 0.435. The molecule has 136 valence electrons. The zero-order valence-corrected chi connectivity index (χ0v) is 15.1. The van der Waals surface area contributed by atoms with Crippen LogP contribution in [0.15, 0.2) is 40.3 Å². The van der Waals surface area contributed by atoms with Crippen molar-refractivity contribution in [2.24, 2.45) is 0 Å². The van der Waals surface area contributed by atoms with Gasteiger partial charge < -0.3 is 15.0 Å². The predicted octanol–water partition coefficient (Wildman–Crippen LogP) is 1.67. The van der Waals surface area contributed by atoms with Gasteiger partial charge in [-0.05, 0) is 30.5 Å². The van der Waals surface area contributed by atoms with Gasteiger partial charge in [0.15, 0.2) is 5.16 Å². The fourth-order valence-corrected chi connectivity index (χ4v) is 3.17. The molecule has 1 heterocycles. The summed E-state index contributed by atoms with van der Waals surface area (Å²) in [5.74, 6) is 0.0783. The van der Waals surface area contributed by atoms with Gasteiger partial charge in [-0.25, -0.2) is 9.78 Å². The number of ether oxygens (including phenoxy) is 1. The van der Waals surface area contributed by atoms with Crippen molar-refractivity contribution in [1.29, 1.82) is 0 Å². The third-order valence-electron chi connectivity index (χ3n) is 3.81. The fraction of sp³-hybridized carbons (Fsp3) is 0.333. The van der Waals surface area contributed by atoms with E-state index in [0.29, 0.717) is 22.2 Å². The van der Waals surface area contributed by atoms with E-state index in [9.17, 15) is 14.4 Å². The molecular formula is C18H19N3O4S. The number of hydrogen-bond donors (Lipinski definition) is 2. The van der Waals surface area contributed by atoms with Crippen molar-refractivity contribution < 1.29 is 14.3 Å². The first kappa shape index (κ1) is 18.2. The van der Waals surface area contributed by atoms with E-state index in [-0.39, 0.29) is 29.9 Å². The first-order chi connectivity index (χ1) is 12.5. The molecule has 1 aromatic heterocycles. The van der Waals surface area contributed by atoms with Crippen LogP contribution in [0.3, 0.4) is 0 Å². The molecular weight excluding hydrogens is 354 g/mol. The zero-order chi connectivity index (χ0) is 18.5. The number of H-pyrrole nitrogens is 1. The smallest absolute Gasteiger partial charge is 0.337 e. The lowest BCUT2D eigenvalue weighted by Crippen LogP contribution is -2.28. The number of benzene rings is 1. The summed E-state index contributed by atoms with van der Waals surface area (Å²) in [6.07, 6.45) is 2.14. The average molecular weight is 373 g/mol. The summed E-state index contributed by atoms with van der Waals surface area (Å²) in [6.45, 7) is 0. The summed E-state index contributed by atoms with van der Waals surface area (Å²) in [7, 11) is 1.34. The van der Waals surface area contributed by atoms with Crippen LogP contribution in [0, 0.1) is 0 Å². The molecule has 0 atom stereocenters. The molecule has 8 heteroatoms. The number of carbonyl (C=O) groups is 2. The molecule has 1 saturated carbocycles. The second-order valence-electron chi connectivity index (χ2n) is 6.04. The summed E-state index contributed by atoms with van der Waals surface area (Å²) in [5.41, 5.74) is 1.63. The summed E-state index contributed by atoms with van der Waals surface area (Å²) in [6, 6.07) is 8.66. The van der Waals surface area contributed by atoms with Crippen molar-refractivity contribution in [2.75, 3.05) is 7.11 Å². The van der Waals surface area contributed by atoms with E-state index >= 15 is 0 Å². The Balaban J connectivity index is 1.61. The van der Waals surface area contributed by atoms with Gasteiger partial charge in [0.05, 0.1) is 24.8 Å². The van der Waals surface area contributed by atoms with Crippen molar-refractivity contribution in [3.05, 3.63) is 57.5 Å². The Hall–Kier alpha value is -2.61. The van der Waals surface area contributed by atoms with Crippen LogP contribution >= 0.6 is 11.8 Å². The van der Waals surface area contributed by atoms with Gasteiger partial charge in [0.2, 0.25) is 5.91 Å². The number of nitrogens with one attached hydrogen (secondary N) is 2. The molecule has 3 rings (SSSR count). The first-order valence-electron chi connectivity index (χ1n) is 8.23. The maximum atomic E-state index is 11.9. The minimum Gasteiger partial charge on any atom is -0.465 e. The van der Waals surface area contributed by atoms with Gasteiger partial charge in [-0.1, -0.05) is 23.9 Å². The largest absolute Gasteiger partial charge is 0.465 e. The Morgan fingerprint density at radius 1 is 1.31 bits per heavy atom. The summed E-state index contributed by atoms with van der Waals surface area (Å²) >= 11 is 1.36. The van der Waals surface area contributed by atoms with Crippen molar-refractivity contribution >= 4 is 23.6 Å². The van der Waals surface area contributed by atoms with Crippen molar-refractivity contribution in [2.45, 2.75) is 36.2 Å². The van der Waals surface area contributed by atoms with Crippen molar-refractivity contribution in [3.8, 4) is 0 Å². The normalized spacial score (nSPS) is 13.3. The third-order valence-corrected chi connectivity index (χ3v) is 4.75. The Kier molecular flexibility index (Phi) is 5.72.